The summed E-state index contributed by atoms with van der Waals surface area (Å²) in [5, 5.41) is -0.0353. The van der Waals surface area contributed by atoms with Crippen LogP contribution in [-0.4, -0.2) is 15.0 Å². The highest BCUT2D eigenvalue weighted by molar-refractivity contribution is 6.30. The highest BCUT2D eigenvalue weighted by Gasteiger charge is 2.10. The van der Waals surface area contributed by atoms with Crippen LogP contribution in [-0.2, 0) is 6.54 Å². The van der Waals surface area contributed by atoms with Gasteiger partial charge < -0.3 is 10.7 Å². The van der Waals surface area contributed by atoms with Gasteiger partial charge in [0.15, 0.2) is 6.20 Å². The number of rotatable bonds is 2. The Kier molecular flexibility index (Phi) is 2.53. The van der Waals surface area contributed by atoms with E-state index in [4.69, 9.17) is 17.3 Å². The lowest BCUT2D eigenvalue weighted by molar-refractivity contribution is -0.687. The fourth-order valence-electron chi connectivity index (χ4n) is 1.31. The van der Waals surface area contributed by atoms with E-state index in [2.05, 4.69) is 9.97 Å². The first kappa shape index (κ1) is 10.5. The molecular weight excluding hydrogens is 234 g/mol. The molecule has 0 bridgehead atoms. The highest BCUT2D eigenvalue weighted by Crippen LogP contribution is 2.04. The van der Waals surface area contributed by atoms with E-state index in [-0.39, 0.29) is 11.6 Å². The van der Waals surface area contributed by atoms with Gasteiger partial charge in [0, 0.05) is 0 Å². The Morgan fingerprint density at radius 2 is 2.12 bits per heavy atom. The number of aromatic nitrogens is 4. The zero-order valence-electron chi connectivity index (χ0n) is 8.08. The monoisotopic (exact) mass is 242 g/mol. The van der Waals surface area contributed by atoms with Crippen LogP contribution in [0.4, 0.5) is 5.82 Å². The molecule has 0 aromatic carbocycles. The molecule has 7 nitrogen and oxygen atoms in total. The Morgan fingerprint density at radius 3 is 2.75 bits per heavy atom. The fourth-order valence-corrected chi connectivity index (χ4v) is 1.47. The minimum absolute atomic E-state index is 0.0353. The van der Waals surface area contributed by atoms with Crippen LogP contribution in [0, 0.1) is 0 Å². The van der Waals surface area contributed by atoms with Crippen molar-refractivity contribution in [1.82, 2.24) is 15.0 Å². The molecule has 84 valence electrons. The van der Waals surface area contributed by atoms with Crippen LogP contribution in [0.15, 0.2) is 22.1 Å². The van der Waals surface area contributed by atoms with Crippen molar-refractivity contribution in [3.8, 4) is 0 Å². The van der Waals surface area contributed by atoms with E-state index in [1.54, 1.807) is 17.1 Å². The number of anilines is 1. The van der Waals surface area contributed by atoms with Crippen LogP contribution >= 0.6 is 11.6 Å². The number of nitrogens with zero attached hydrogens (tertiary/aromatic N) is 1. The van der Waals surface area contributed by atoms with Crippen LogP contribution in [0.3, 0.4) is 0 Å². The SMILES string of the molecule is Nc1c[n+](Cc2[nH]c(=O)[nH]c(=O)c2Cl)c[nH]1. The molecule has 0 aliphatic heterocycles. The lowest BCUT2D eigenvalue weighted by atomic mass is 10.4. The molecule has 2 rings (SSSR count). The summed E-state index contributed by atoms with van der Waals surface area (Å²) >= 11 is 5.75. The molecule has 0 saturated heterocycles. The summed E-state index contributed by atoms with van der Waals surface area (Å²) in [7, 11) is 0. The first-order valence-corrected chi connectivity index (χ1v) is 4.78. The van der Waals surface area contributed by atoms with Gasteiger partial charge in [-0.2, -0.15) is 0 Å². The van der Waals surface area contributed by atoms with Crippen molar-refractivity contribution in [1.29, 1.82) is 0 Å². The summed E-state index contributed by atoms with van der Waals surface area (Å²) < 4.78 is 1.66. The van der Waals surface area contributed by atoms with E-state index in [0.717, 1.165) is 0 Å². The average Bonchev–Trinajstić information content (AvgIpc) is 2.60. The molecule has 0 aliphatic carbocycles. The van der Waals surface area contributed by atoms with Gasteiger partial charge in [-0.05, 0) is 0 Å². The average molecular weight is 243 g/mol. The third-order valence-electron chi connectivity index (χ3n) is 2.00. The maximum absolute atomic E-state index is 11.2. The first-order valence-electron chi connectivity index (χ1n) is 4.40. The van der Waals surface area contributed by atoms with Crippen molar-refractivity contribution < 1.29 is 4.57 Å². The van der Waals surface area contributed by atoms with E-state index in [1.165, 1.54) is 0 Å². The number of nitrogen functional groups attached to an aromatic ring is 1. The normalized spacial score (nSPS) is 10.6. The van der Waals surface area contributed by atoms with Crippen molar-refractivity contribution in [2.24, 2.45) is 0 Å². The second-order valence-electron chi connectivity index (χ2n) is 3.23. The Morgan fingerprint density at radius 1 is 1.38 bits per heavy atom. The lowest BCUT2D eigenvalue weighted by Crippen LogP contribution is -2.35. The van der Waals surface area contributed by atoms with Gasteiger partial charge in [-0.15, -0.1) is 0 Å². The first-order chi connectivity index (χ1) is 7.56. The number of hydrogen-bond acceptors (Lipinski definition) is 3. The Labute approximate surface area is 93.9 Å². The van der Waals surface area contributed by atoms with Crippen molar-refractivity contribution in [3.05, 3.63) is 44.1 Å². The Hall–Kier alpha value is -2.02. The molecule has 0 aliphatic rings. The summed E-state index contributed by atoms with van der Waals surface area (Å²) in [4.78, 5) is 29.5. The predicted molar refractivity (Wildman–Crippen MR) is 57.2 cm³/mol. The second kappa shape index (κ2) is 3.86. The quantitative estimate of drug-likeness (QED) is 0.505. The zero-order valence-corrected chi connectivity index (χ0v) is 8.84. The van der Waals surface area contributed by atoms with Crippen molar-refractivity contribution in [2.75, 3.05) is 5.73 Å². The van der Waals surface area contributed by atoms with Gasteiger partial charge in [-0.3, -0.25) is 9.78 Å². The molecular formula is C8H9ClN5O2+. The van der Waals surface area contributed by atoms with E-state index in [0.29, 0.717) is 11.5 Å². The standard InChI is InChI=1S/C8H8ClN5O2/c9-6-4(12-8(16)13-7(6)15)1-14-2-5(10)11-3-14/h2-3H,1,10H2,(H2,12,13,15,16)/p+1. The van der Waals surface area contributed by atoms with Crippen LogP contribution in [0.1, 0.15) is 5.69 Å². The molecule has 0 radical (unpaired) electrons. The summed E-state index contributed by atoms with van der Waals surface area (Å²) in [6.07, 6.45) is 3.22. The van der Waals surface area contributed by atoms with Gasteiger partial charge in [0.2, 0.25) is 12.1 Å². The molecule has 2 aromatic heterocycles. The Balaban J connectivity index is 2.42. The minimum atomic E-state index is -0.607. The topological polar surface area (TPSA) is 111 Å². The molecule has 0 fully saturated rings. The van der Waals surface area contributed by atoms with Crippen molar-refractivity contribution in [2.45, 2.75) is 6.54 Å². The molecule has 0 unspecified atom stereocenters. The van der Waals surface area contributed by atoms with Gasteiger partial charge >= 0.3 is 5.69 Å². The van der Waals surface area contributed by atoms with Crippen LogP contribution in [0.5, 0.6) is 0 Å². The molecule has 5 N–H and O–H groups in total. The summed E-state index contributed by atoms with van der Waals surface area (Å²) in [5.74, 6) is 0.475. The smallest absolute Gasteiger partial charge is 0.326 e. The summed E-state index contributed by atoms with van der Waals surface area (Å²) in [5.41, 5.74) is 4.62. The predicted octanol–water partition coefficient (Wildman–Crippen LogP) is -1.04. The molecule has 8 heteroatoms. The second-order valence-corrected chi connectivity index (χ2v) is 3.61. The molecule has 0 amide bonds. The van der Waals surface area contributed by atoms with Gasteiger partial charge in [-0.1, -0.05) is 11.6 Å². The minimum Gasteiger partial charge on any atom is -0.363 e. The van der Waals surface area contributed by atoms with Crippen LogP contribution in [0.2, 0.25) is 5.02 Å². The highest BCUT2D eigenvalue weighted by atomic mass is 35.5. The van der Waals surface area contributed by atoms with Crippen LogP contribution < -0.4 is 21.5 Å². The molecule has 16 heavy (non-hydrogen) atoms. The number of aromatic amines is 3. The number of H-pyrrole nitrogens is 3. The number of nitrogens with two attached hydrogens (primary N) is 1. The third-order valence-corrected chi connectivity index (χ3v) is 2.40. The van der Waals surface area contributed by atoms with Gasteiger partial charge in [0.05, 0.1) is 5.69 Å². The number of halogens is 1. The van der Waals surface area contributed by atoms with E-state index >= 15 is 0 Å². The third kappa shape index (κ3) is 1.98. The zero-order chi connectivity index (χ0) is 11.7. The van der Waals surface area contributed by atoms with Crippen LogP contribution in [0.25, 0.3) is 0 Å². The van der Waals surface area contributed by atoms with E-state index < -0.39 is 11.2 Å². The maximum Gasteiger partial charge on any atom is 0.326 e. The maximum atomic E-state index is 11.2. The number of nitrogens with one attached hydrogen (secondary N) is 3. The number of hydrogen-bond donors (Lipinski definition) is 4. The van der Waals surface area contributed by atoms with E-state index in [1.807, 2.05) is 4.98 Å². The fraction of sp³-hybridized carbons (Fsp3) is 0.125. The van der Waals surface area contributed by atoms with Gasteiger partial charge in [0.1, 0.15) is 11.6 Å². The summed E-state index contributed by atoms with van der Waals surface area (Å²) in [6.45, 7) is 0.256. The van der Waals surface area contributed by atoms with E-state index in [9.17, 15) is 9.59 Å². The molecule has 0 spiro atoms. The molecule has 2 aromatic rings. The van der Waals surface area contributed by atoms with Crippen molar-refractivity contribution in [3.63, 3.8) is 0 Å². The lowest BCUT2D eigenvalue weighted by Gasteiger charge is -1.99. The molecule has 0 saturated carbocycles. The molecule has 2 heterocycles. The Bertz CT molecular complexity index is 626. The number of imidazole rings is 1. The summed E-state index contributed by atoms with van der Waals surface area (Å²) in [6, 6.07) is 0. The largest absolute Gasteiger partial charge is 0.363 e. The van der Waals surface area contributed by atoms with Crippen molar-refractivity contribution >= 4 is 17.4 Å². The van der Waals surface area contributed by atoms with Gasteiger partial charge in [-0.25, -0.2) is 14.3 Å². The molecule has 0 atom stereocenters. The van der Waals surface area contributed by atoms with Gasteiger partial charge in [0.25, 0.3) is 5.56 Å².